The first kappa shape index (κ1) is 23.7. The van der Waals surface area contributed by atoms with Crippen LogP contribution in [0.3, 0.4) is 0 Å². The van der Waals surface area contributed by atoms with Crippen LogP contribution in [0.25, 0.3) is 0 Å². The number of hydrogen-bond donors (Lipinski definition) is 2. The van der Waals surface area contributed by atoms with Crippen LogP contribution in [0.15, 0.2) is 64.8 Å². The van der Waals surface area contributed by atoms with Gasteiger partial charge in [0.15, 0.2) is 0 Å². The number of non-ortho nitro benzene ring substituents is 1. The van der Waals surface area contributed by atoms with Gasteiger partial charge in [0, 0.05) is 36.5 Å². The van der Waals surface area contributed by atoms with Crippen molar-refractivity contribution in [1.82, 2.24) is 0 Å². The maximum atomic E-state index is 13.2. The smallest absolute Gasteiger partial charge is 0.271 e. The molecule has 0 fully saturated rings. The third-order valence-corrected chi connectivity index (χ3v) is 7.62. The Kier molecular flexibility index (Phi) is 6.31. The summed E-state index contributed by atoms with van der Waals surface area (Å²) in [6, 6.07) is 14.2. The van der Waals surface area contributed by atoms with Crippen LogP contribution in [-0.4, -0.2) is 31.5 Å². The molecule has 0 saturated heterocycles. The van der Waals surface area contributed by atoms with Crippen molar-refractivity contribution in [2.24, 2.45) is 10.2 Å². The van der Waals surface area contributed by atoms with Crippen molar-refractivity contribution >= 4 is 38.5 Å². The van der Waals surface area contributed by atoms with E-state index in [9.17, 15) is 23.6 Å². The molecule has 0 atom stereocenters. The molecule has 0 aromatic heterocycles. The molecule has 3 aromatic rings. The summed E-state index contributed by atoms with van der Waals surface area (Å²) in [5.41, 5.74) is 4.04. The van der Waals surface area contributed by atoms with Gasteiger partial charge in [-0.1, -0.05) is 30.3 Å². The molecule has 2 aliphatic heterocycles. The van der Waals surface area contributed by atoms with E-state index in [0.717, 1.165) is 55.2 Å². The molecule has 11 heteroatoms. The second-order valence-electron chi connectivity index (χ2n) is 8.93. The zero-order valence-electron chi connectivity index (χ0n) is 19.4. The van der Waals surface area contributed by atoms with Crippen LogP contribution in [0, 0.1) is 10.1 Å². The van der Waals surface area contributed by atoms with Crippen molar-refractivity contribution in [2.75, 3.05) is 22.7 Å². The molecule has 0 spiro atoms. The molecule has 0 unspecified atom stereocenters. The zero-order valence-corrected chi connectivity index (χ0v) is 20.2. The van der Waals surface area contributed by atoms with Gasteiger partial charge in [0.2, 0.25) is 10.0 Å². The minimum absolute atomic E-state index is 0.0738. The number of rotatable bonds is 7. The molecule has 0 saturated carbocycles. The Labute approximate surface area is 208 Å². The minimum Gasteiger partial charge on any atom is -0.506 e. The molecule has 0 radical (unpaired) electrons. The SMILES string of the molecule is O=[N+]([O-])c1ccc(O)c(N=Nc2cc3c4c(c2NS(=O)(=O)Cc2ccccc2)CCCN4CCC3)c1. The Morgan fingerprint density at radius 1 is 1.00 bits per heavy atom. The molecular weight excluding hydrogens is 482 g/mol. The maximum absolute atomic E-state index is 13.2. The number of nitrogens with zero attached hydrogens (tertiary/aromatic N) is 4. The number of aryl methyl sites for hydroxylation is 1. The Hall–Kier alpha value is -3.99. The monoisotopic (exact) mass is 507 g/mol. The number of azo groups is 1. The third-order valence-electron chi connectivity index (χ3n) is 6.40. The number of phenols is 1. The summed E-state index contributed by atoms with van der Waals surface area (Å²) in [4.78, 5) is 12.9. The van der Waals surface area contributed by atoms with Crippen LogP contribution >= 0.6 is 0 Å². The lowest BCUT2D eigenvalue weighted by Crippen LogP contribution is -2.35. The van der Waals surface area contributed by atoms with Gasteiger partial charge in [-0.3, -0.25) is 14.8 Å². The molecule has 186 valence electrons. The van der Waals surface area contributed by atoms with Gasteiger partial charge in [-0.15, -0.1) is 10.2 Å². The lowest BCUT2D eigenvalue weighted by atomic mass is 9.90. The number of hydrogen-bond acceptors (Lipinski definition) is 8. The molecule has 2 aliphatic rings. The van der Waals surface area contributed by atoms with Gasteiger partial charge in [0.1, 0.15) is 17.1 Å². The predicted octanol–water partition coefficient (Wildman–Crippen LogP) is 5.36. The number of benzene rings is 3. The highest BCUT2D eigenvalue weighted by molar-refractivity contribution is 7.91. The average Bonchev–Trinajstić information content (AvgIpc) is 2.85. The van der Waals surface area contributed by atoms with Crippen LogP contribution in [-0.2, 0) is 28.6 Å². The van der Waals surface area contributed by atoms with Gasteiger partial charge in [0.05, 0.1) is 16.4 Å². The van der Waals surface area contributed by atoms with Crippen LogP contribution in [0.2, 0.25) is 0 Å². The molecule has 10 nitrogen and oxygen atoms in total. The van der Waals surface area contributed by atoms with Gasteiger partial charge >= 0.3 is 0 Å². The fraction of sp³-hybridized carbons (Fsp3) is 0.280. The summed E-state index contributed by atoms with van der Waals surface area (Å²) >= 11 is 0. The second kappa shape index (κ2) is 9.57. The van der Waals surface area contributed by atoms with Crippen LogP contribution in [0.4, 0.5) is 28.4 Å². The topological polar surface area (TPSA) is 138 Å². The highest BCUT2D eigenvalue weighted by Crippen LogP contribution is 2.45. The van der Waals surface area contributed by atoms with Crippen molar-refractivity contribution in [3.63, 3.8) is 0 Å². The van der Waals surface area contributed by atoms with E-state index in [2.05, 4.69) is 19.9 Å². The molecule has 0 aliphatic carbocycles. The first-order valence-corrected chi connectivity index (χ1v) is 13.3. The van der Waals surface area contributed by atoms with Gasteiger partial charge < -0.3 is 10.0 Å². The lowest BCUT2D eigenvalue weighted by molar-refractivity contribution is -0.384. The molecule has 2 N–H and O–H groups in total. The maximum Gasteiger partial charge on any atom is 0.271 e. The van der Waals surface area contributed by atoms with Crippen LogP contribution < -0.4 is 9.62 Å². The molecule has 36 heavy (non-hydrogen) atoms. The van der Waals surface area contributed by atoms with Gasteiger partial charge in [-0.25, -0.2) is 8.42 Å². The highest BCUT2D eigenvalue weighted by Gasteiger charge is 2.29. The molecule has 0 bridgehead atoms. The summed E-state index contributed by atoms with van der Waals surface area (Å²) in [6.45, 7) is 1.83. The standard InChI is InChI=1S/C25H25N5O5S/c31-23-11-10-19(30(32)33)15-21(23)26-27-22-14-18-8-4-12-29-13-5-9-20(25(18)29)24(22)28-36(34,35)16-17-6-2-1-3-7-17/h1-3,6-7,10-11,14-15,28,31H,4-5,8-9,12-13,16H2. The lowest BCUT2D eigenvalue weighted by Gasteiger charge is -2.38. The van der Waals surface area contributed by atoms with Gasteiger partial charge in [-0.05, 0) is 48.9 Å². The number of sulfonamides is 1. The quantitative estimate of drug-likeness (QED) is 0.251. The Morgan fingerprint density at radius 3 is 2.47 bits per heavy atom. The first-order chi connectivity index (χ1) is 17.3. The van der Waals surface area contributed by atoms with Gasteiger partial charge in [-0.2, -0.15) is 0 Å². The summed E-state index contributed by atoms with van der Waals surface area (Å²) in [7, 11) is -3.78. The van der Waals surface area contributed by atoms with E-state index in [1.165, 1.54) is 12.1 Å². The molecular formula is C25H25N5O5S. The predicted molar refractivity (Wildman–Crippen MR) is 137 cm³/mol. The van der Waals surface area contributed by atoms with E-state index in [4.69, 9.17) is 0 Å². The van der Waals surface area contributed by atoms with E-state index in [1.54, 1.807) is 24.3 Å². The first-order valence-electron chi connectivity index (χ1n) is 11.7. The van der Waals surface area contributed by atoms with E-state index < -0.39 is 14.9 Å². The molecule has 2 heterocycles. The number of nitro groups is 1. The number of nitro benzene ring substituents is 1. The van der Waals surface area contributed by atoms with E-state index >= 15 is 0 Å². The number of phenolic OH excluding ortho intramolecular Hbond substituents is 1. The Balaban J connectivity index is 1.59. The second-order valence-corrected chi connectivity index (χ2v) is 10.7. The fourth-order valence-corrected chi connectivity index (χ4v) is 6.08. The van der Waals surface area contributed by atoms with Crippen molar-refractivity contribution in [3.05, 3.63) is 81.4 Å². The van der Waals surface area contributed by atoms with Crippen LogP contribution in [0.1, 0.15) is 29.5 Å². The summed E-state index contributed by atoms with van der Waals surface area (Å²) in [6.07, 6.45) is 3.38. The van der Waals surface area contributed by atoms with Crippen molar-refractivity contribution in [3.8, 4) is 5.75 Å². The van der Waals surface area contributed by atoms with Gasteiger partial charge in [0.25, 0.3) is 5.69 Å². The molecule has 3 aromatic carbocycles. The van der Waals surface area contributed by atoms with E-state index in [-0.39, 0.29) is 22.9 Å². The average molecular weight is 508 g/mol. The summed E-state index contributed by atoms with van der Waals surface area (Å²) < 4.78 is 29.1. The Bertz CT molecular complexity index is 1460. The van der Waals surface area contributed by atoms with E-state index in [0.29, 0.717) is 23.4 Å². The van der Waals surface area contributed by atoms with Crippen LogP contribution in [0.5, 0.6) is 5.75 Å². The summed E-state index contributed by atoms with van der Waals surface area (Å²) in [5.74, 6) is -0.461. The normalized spacial score (nSPS) is 15.1. The highest BCUT2D eigenvalue weighted by atomic mass is 32.2. The number of aromatic hydroxyl groups is 1. The number of nitrogens with one attached hydrogen (secondary N) is 1. The third kappa shape index (κ3) is 4.87. The zero-order chi connectivity index (χ0) is 25.3. The van der Waals surface area contributed by atoms with E-state index in [1.807, 2.05) is 12.1 Å². The van der Waals surface area contributed by atoms with Crippen molar-refractivity contribution in [2.45, 2.75) is 31.4 Å². The largest absolute Gasteiger partial charge is 0.506 e. The van der Waals surface area contributed by atoms with Crippen molar-refractivity contribution < 1.29 is 18.4 Å². The Morgan fingerprint density at radius 2 is 1.72 bits per heavy atom. The summed E-state index contributed by atoms with van der Waals surface area (Å²) in [5, 5.41) is 29.7. The number of anilines is 2. The fourth-order valence-electron chi connectivity index (χ4n) is 4.83. The van der Waals surface area contributed by atoms with Crippen molar-refractivity contribution in [1.29, 1.82) is 0 Å². The minimum atomic E-state index is -3.78. The molecule has 0 amide bonds. The molecule has 5 rings (SSSR count).